The first-order chi connectivity index (χ1) is 13.3. The van der Waals surface area contributed by atoms with Crippen molar-refractivity contribution in [3.05, 3.63) is 35.4 Å². The summed E-state index contributed by atoms with van der Waals surface area (Å²) in [7, 11) is -1.61. The third-order valence-corrected chi connectivity index (χ3v) is 6.15. The molecule has 0 radical (unpaired) electrons. The SMILES string of the molecule is CCN(C(=O)COC(=O)/C(C#N)=C/c1ccc(OC)cc1)[C@H]1CCS(=O)(=O)C1. The van der Waals surface area contributed by atoms with Gasteiger partial charge in [0.15, 0.2) is 16.4 Å². The van der Waals surface area contributed by atoms with Gasteiger partial charge in [-0.25, -0.2) is 13.2 Å². The van der Waals surface area contributed by atoms with E-state index in [1.54, 1.807) is 37.3 Å². The zero-order valence-corrected chi connectivity index (χ0v) is 16.6. The van der Waals surface area contributed by atoms with Crippen molar-refractivity contribution in [1.29, 1.82) is 5.26 Å². The van der Waals surface area contributed by atoms with Crippen molar-refractivity contribution in [3.8, 4) is 11.8 Å². The minimum atomic E-state index is -3.14. The van der Waals surface area contributed by atoms with Gasteiger partial charge in [-0.05, 0) is 37.1 Å². The molecule has 1 atom stereocenters. The van der Waals surface area contributed by atoms with Crippen LogP contribution in [0.1, 0.15) is 18.9 Å². The zero-order valence-electron chi connectivity index (χ0n) is 15.8. The first-order valence-electron chi connectivity index (χ1n) is 8.72. The van der Waals surface area contributed by atoms with E-state index in [0.717, 1.165) is 0 Å². The van der Waals surface area contributed by atoms with Crippen LogP contribution in [0.15, 0.2) is 29.8 Å². The van der Waals surface area contributed by atoms with Gasteiger partial charge < -0.3 is 14.4 Å². The van der Waals surface area contributed by atoms with Gasteiger partial charge in [0.25, 0.3) is 5.91 Å². The molecule has 9 heteroatoms. The number of nitrogens with zero attached hydrogens (tertiary/aromatic N) is 2. The number of amides is 1. The standard InChI is InChI=1S/C19H22N2O6S/c1-3-21(16-8-9-28(24,25)13-16)18(22)12-27-19(23)15(11-20)10-14-4-6-17(26-2)7-5-14/h4-7,10,16H,3,8-9,12-13H2,1-2H3/b15-10+/t16-/m0/s1. The number of carbonyl (C=O) groups excluding carboxylic acids is 2. The number of rotatable bonds is 7. The van der Waals surface area contributed by atoms with Gasteiger partial charge in [-0.1, -0.05) is 12.1 Å². The van der Waals surface area contributed by atoms with Crippen LogP contribution in [0, 0.1) is 11.3 Å². The van der Waals surface area contributed by atoms with Crippen molar-refractivity contribution in [1.82, 2.24) is 4.90 Å². The number of likely N-dealkylation sites (N-methyl/N-ethyl adjacent to an activating group) is 1. The molecular formula is C19H22N2O6S. The Morgan fingerprint density at radius 2 is 2.00 bits per heavy atom. The highest BCUT2D eigenvalue weighted by atomic mass is 32.2. The van der Waals surface area contributed by atoms with Crippen LogP contribution in [0.25, 0.3) is 6.08 Å². The minimum Gasteiger partial charge on any atom is -0.497 e. The van der Waals surface area contributed by atoms with E-state index in [4.69, 9.17) is 9.47 Å². The maximum absolute atomic E-state index is 12.4. The molecule has 1 heterocycles. The Balaban J connectivity index is 1.99. The molecule has 1 amide bonds. The number of esters is 1. The second-order valence-corrected chi connectivity index (χ2v) is 8.48. The second kappa shape index (κ2) is 9.37. The first-order valence-corrected chi connectivity index (χ1v) is 10.5. The number of sulfone groups is 1. The second-order valence-electron chi connectivity index (χ2n) is 6.26. The zero-order chi connectivity index (χ0) is 20.7. The van der Waals surface area contributed by atoms with Crippen LogP contribution in [0.2, 0.25) is 0 Å². The molecule has 0 spiro atoms. The molecule has 0 bridgehead atoms. The van der Waals surface area contributed by atoms with Gasteiger partial charge in [0.2, 0.25) is 0 Å². The van der Waals surface area contributed by atoms with Crippen LogP contribution in [-0.4, -0.2) is 63.0 Å². The van der Waals surface area contributed by atoms with Crippen molar-refractivity contribution in [2.45, 2.75) is 19.4 Å². The monoisotopic (exact) mass is 406 g/mol. The van der Waals surface area contributed by atoms with Crippen molar-refractivity contribution in [2.75, 3.05) is 31.8 Å². The molecule has 150 valence electrons. The lowest BCUT2D eigenvalue weighted by molar-refractivity contribution is -0.149. The van der Waals surface area contributed by atoms with Gasteiger partial charge in [0, 0.05) is 12.6 Å². The number of hydrogen-bond acceptors (Lipinski definition) is 7. The predicted molar refractivity (Wildman–Crippen MR) is 102 cm³/mol. The minimum absolute atomic E-state index is 0.0460. The fourth-order valence-electron chi connectivity index (χ4n) is 2.95. The Morgan fingerprint density at radius 3 is 2.50 bits per heavy atom. The summed E-state index contributed by atoms with van der Waals surface area (Å²) in [6, 6.07) is 8.07. The number of nitriles is 1. The highest BCUT2D eigenvalue weighted by Gasteiger charge is 2.34. The number of benzene rings is 1. The lowest BCUT2D eigenvalue weighted by atomic mass is 10.1. The van der Waals surface area contributed by atoms with Crippen LogP contribution in [0.4, 0.5) is 0 Å². The molecule has 1 aliphatic rings. The van der Waals surface area contributed by atoms with Gasteiger partial charge in [-0.15, -0.1) is 0 Å². The average molecular weight is 406 g/mol. The average Bonchev–Trinajstić information content (AvgIpc) is 3.04. The molecule has 0 saturated carbocycles. The lowest BCUT2D eigenvalue weighted by Crippen LogP contribution is -2.43. The molecule has 1 fully saturated rings. The molecule has 28 heavy (non-hydrogen) atoms. The number of ether oxygens (including phenoxy) is 2. The molecule has 1 aromatic carbocycles. The van der Waals surface area contributed by atoms with Crippen LogP contribution in [0.3, 0.4) is 0 Å². The number of methoxy groups -OCH3 is 1. The van der Waals surface area contributed by atoms with E-state index in [1.165, 1.54) is 18.1 Å². The largest absolute Gasteiger partial charge is 0.497 e. The maximum atomic E-state index is 12.4. The summed E-state index contributed by atoms with van der Waals surface area (Å²) in [5.74, 6) is -0.801. The molecule has 1 aliphatic heterocycles. The van der Waals surface area contributed by atoms with Crippen molar-refractivity contribution >= 4 is 27.8 Å². The Labute approximate surface area is 164 Å². The van der Waals surface area contributed by atoms with Gasteiger partial charge >= 0.3 is 5.97 Å². The van der Waals surface area contributed by atoms with Gasteiger partial charge in [0.05, 0.1) is 18.6 Å². The number of hydrogen-bond donors (Lipinski definition) is 0. The van der Waals surface area contributed by atoms with Gasteiger partial charge in [-0.2, -0.15) is 5.26 Å². The van der Waals surface area contributed by atoms with Crippen LogP contribution >= 0.6 is 0 Å². The molecule has 0 aromatic heterocycles. The summed E-state index contributed by atoms with van der Waals surface area (Å²) < 4.78 is 33.3. The Kier molecular flexibility index (Phi) is 7.18. The summed E-state index contributed by atoms with van der Waals surface area (Å²) in [6.45, 7) is 1.49. The normalized spacial score (nSPS) is 18.2. The molecule has 1 aromatic rings. The van der Waals surface area contributed by atoms with Crippen LogP contribution in [-0.2, 0) is 24.2 Å². The highest BCUT2D eigenvalue weighted by molar-refractivity contribution is 7.91. The van der Waals surface area contributed by atoms with Crippen LogP contribution < -0.4 is 4.74 Å². The van der Waals surface area contributed by atoms with E-state index in [9.17, 15) is 23.3 Å². The third-order valence-electron chi connectivity index (χ3n) is 4.40. The highest BCUT2D eigenvalue weighted by Crippen LogP contribution is 2.18. The van der Waals surface area contributed by atoms with E-state index in [0.29, 0.717) is 24.3 Å². The Bertz CT molecular complexity index is 899. The predicted octanol–water partition coefficient (Wildman–Crippen LogP) is 1.18. The van der Waals surface area contributed by atoms with E-state index in [2.05, 4.69) is 0 Å². The molecule has 0 aliphatic carbocycles. The van der Waals surface area contributed by atoms with E-state index in [1.807, 2.05) is 0 Å². The molecular weight excluding hydrogens is 384 g/mol. The Morgan fingerprint density at radius 1 is 1.32 bits per heavy atom. The summed E-state index contributed by atoms with van der Waals surface area (Å²) in [6.07, 6.45) is 1.73. The Hall–Kier alpha value is -2.86. The fourth-order valence-corrected chi connectivity index (χ4v) is 4.68. The van der Waals surface area contributed by atoms with E-state index in [-0.39, 0.29) is 17.1 Å². The van der Waals surface area contributed by atoms with Gasteiger partial charge in [0.1, 0.15) is 17.4 Å². The van der Waals surface area contributed by atoms with E-state index >= 15 is 0 Å². The topological polar surface area (TPSA) is 114 Å². The number of carbonyl (C=O) groups is 2. The van der Waals surface area contributed by atoms with Crippen molar-refractivity contribution < 1.29 is 27.5 Å². The molecule has 8 nitrogen and oxygen atoms in total. The lowest BCUT2D eigenvalue weighted by Gasteiger charge is -2.26. The molecule has 0 unspecified atom stereocenters. The summed E-state index contributed by atoms with van der Waals surface area (Å²) in [5.41, 5.74) is 0.358. The quantitative estimate of drug-likeness (QED) is 0.379. The van der Waals surface area contributed by atoms with Gasteiger partial charge in [-0.3, -0.25) is 4.79 Å². The summed E-state index contributed by atoms with van der Waals surface area (Å²) >= 11 is 0. The summed E-state index contributed by atoms with van der Waals surface area (Å²) in [5, 5.41) is 9.20. The fraction of sp³-hybridized carbons (Fsp3) is 0.421. The molecule has 1 saturated heterocycles. The molecule has 0 N–H and O–H groups in total. The third kappa shape index (κ3) is 5.57. The van der Waals surface area contributed by atoms with Crippen molar-refractivity contribution in [2.24, 2.45) is 0 Å². The van der Waals surface area contributed by atoms with E-state index < -0.39 is 34.4 Å². The maximum Gasteiger partial charge on any atom is 0.349 e. The van der Waals surface area contributed by atoms with Crippen LogP contribution in [0.5, 0.6) is 5.75 Å². The van der Waals surface area contributed by atoms with Crippen molar-refractivity contribution in [3.63, 3.8) is 0 Å². The first kappa shape index (κ1) is 21.4. The summed E-state index contributed by atoms with van der Waals surface area (Å²) in [4.78, 5) is 25.9. The smallest absolute Gasteiger partial charge is 0.349 e. The molecule has 2 rings (SSSR count).